The lowest BCUT2D eigenvalue weighted by molar-refractivity contribution is -0.137. The molecule has 0 atom stereocenters. The predicted molar refractivity (Wildman–Crippen MR) is 143 cm³/mol. The van der Waals surface area contributed by atoms with Gasteiger partial charge in [0.2, 0.25) is 5.95 Å². The first kappa shape index (κ1) is 26.4. The zero-order valence-electron chi connectivity index (χ0n) is 20.4. The highest BCUT2D eigenvalue weighted by Crippen LogP contribution is 2.35. The van der Waals surface area contributed by atoms with E-state index < -0.39 is 17.6 Å². The van der Waals surface area contributed by atoms with Crippen molar-refractivity contribution in [2.24, 2.45) is 0 Å². The second-order valence-corrected chi connectivity index (χ2v) is 9.76. The minimum absolute atomic E-state index is 0.0839. The molecule has 0 bridgehead atoms. The van der Waals surface area contributed by atoms with E-state index in [-0.39, 0.29) is 11.6 Å². The number of rotatable bonds is 9. The number of nitrogens with zero attached hydrogens (tertiary/aromatic N) is 3. The van der Waals surface area contributed by atoms with Gasteiger partial charge in [0.1, 0.15) is 0 Å². The summed E-state index contributed by atoms with van der Waals surface area (Å²) in [4.78, 5) is 24.1. The molecule has 2 aromatic heterocycles. The van der Waals surface area contributed by atoms with Gasteiger partial charge >= 0.3 is 6.18 Å². The van der Waals surface area contributed by atoms with Gasteiger partial charge in [-0.05, 0) is 75.4 Å². The number of nitrogen functional groups attached to an aromatic ring is 1. The largest absolute Gasteiger partial charge is 0.416 e. The first-order valence-corrected chi connectivity index (χ1v) is 12.5. The van der Waals surface area contributed by atoms with Gasteiger partial charge < -0.3 is 21.3 Å². The number of fused-ring (bicyclic) bond motifs is 1. The summed E-state index contributed by atoms with van der Waals surface area (Å²) in [6.45, 7) is 1.49. The third-order valence-corrected chi connectivity index (χ3v) is 6.67. The molecule has 0 unspecified atom stereocenters. The zero-order valence-corrected chi connectivity index (χ0v) is 21.2. The number of hydrogen-bond acceptors (Lipinski definition) is 7. The van der Waals surface area contributed by atoms with Gasteiger partial charge in [-0.2, -0.15) is 13.2 Å². The van der Waals surface area contributed by atoms with Gasteiger partial charge in [0.05, 0.1) is 28.0 Å². The molecule has 0 aliphatic heterocycles. The summed E-state index contributed by atoms with van der Waals surface area (Å²) in [7, 11) is 3.97. The number of nitrogens with two attached hydrogens (primary N) is 1. The molecule has 1 amide bonds. The van der Waals surface area contributed by atoms with Crippen molar-refractivity contribution >= 4 is 45.5 Å². The van der Waals surface area contributed by atoms with Crippen LogP contribution in [-0.4, -0.2) is 48.0 Å². The van der Waals surface area contributed by atoms with Crippen LogP contribution < -0.4 is 16.4 Å². The number of carbonyl (C=O) groups is 1. The van der Waals surface area contributed by atoms with E-state index in [0.717, 1.165) is 47.3 Å². The van der Waals surface area contributed by atoms with Crippen LogP contribution in [-0.2, 0) is 6.18 Å². The molecule has 0 spiro atoms. The lowest BCUT2D eigenvalue weighted by Gasteiger charge is -2.16. The Morgan fingerprint density at radius 2 is 1.89 bits per heavy atom. The molecular weight excluding hydrogens is 501 g/mol. The van der Waals surface area contributed by atoms with E-state index in [0.29, 0.717) is 23.3 Å². The first-order valence-electron chi connectivity index (χ1n) is 11.6. The first-order chi connectivity index (χ1) is 17.6. The number of carbonyl (C=O) groups excluding carboxylic acids is 1. The number of hydrogen-bond donors (Lipinski definition) is 3. The maximum Gasteiger partial charge on any atom is 0.416 e. The maximum atomic E-state index is 13.4. The molecule has 11 heteroatoms. The van der Waals surface area contributed by atoms with Crippen molar-refractivity contribution in [2.75, 3.05) is 43.6 Å². The Bertz CT molecular complexity index is 1400. The second kappa shape index (κ2) is 11.1. The number of halogens is 3. The highest BCUT2D eigenvalue weighted by atomic mass is 32.1. The molecule has 194 valence electrons. The van der Waals surface area contributed by atoms with Crippen LogP contribution in [0.3, 0.4) is 0 Å². The predicted octanol–water partition coefficient (Wildman–Crippen LogP) is 5.97. The normalized spacial score (nSPS) is 11.7. The number of alkyl halides is 3. The monoisotopic (exact) mass is 528 g/mol. The quantitative estimate of drug-likeness (QED) is 0.232. The Morgan fingerprint density at radius 1 is 1.08 bits per heavy atom. The number of anilines is 3. The van der Waals surface area contributed by atoms with Crippen LogP contribution in [0.2, 0.25) is 0 Å². The lowest BCUT2D eigenvalue weighted by Crippen LogP contribution is -2.16. The number of thiophene rings is 1. The van der Waals surface area contributed by atoms with Gasteiger partial charge in [-0.25, -0.2) is 9.97 Å². The minimum Gasteiger partial charge on any atom is -0.383 e. The number of benzene rings is 2. The number of nitrogens with one attached hydrogen (secondary N) is 2. The molecule has 4 aromatic rings. The minimum atomic E-state index is -4.52. The fourth-order valence-electron chi connectivity index (χ4n) is 3.76. The van der Waals surface area contributed by atoms with Crippen LogP contribution in [0.15, 0.2) is 54.0 Å². The van der Waals surface area contributed by atoms with Crippen molar-refractivity contribution in [1.82, 2.24) is 14.9 Å². The fourth-order valence-corrected chi connectivity index (χ4v) is 4.64. The average Bonchev–Trinajstić information content (AvgIpc) is 3.34. The van der Waals surface area contributed by atoms with Crippen LogP contribution >= 0.6 is 11.3 Å². The van der Waals surface area contributed by atoms with Crippen molar-refractivity contribution in [3.8, 4) is 10.4 Å². The van der Waals surface area contributed by atoms with Crippen LogP contribution in [0, 0.1) is 0 Å². The summed E-state index contributed by atoms with van der Waals surface area (Å²) < 4.78 is 40.1. The molecule has 2 aromatic carbocycles. The molecule has 4 N–H and O–H groups in total. The highest BCUT2D eigenvalue weighted by molar-refractivity contribution is 7.13. The second-order valence-electron chi connectivity index (χ2n) is 8.85. The summed E-state index contributed by atoms with van der Waals surface area (Å²) in [5.74, 6) is -0.304. The molecular formula is C26H27F3N6OS. The Hall–Kier alpha value is -3.70. The molecule has 7 nitrogen and oxygen atoms in total. The Kier molecular flexibility index (Phi) is 7.94. The van der Waals surface area contributed by atoms with Crippen molar-refractivity contribution in [3.63, 3.8) is 0 Å². The van der Waals surface area contributed by atoms with Crippen LogP contribution in [0.4, 0.5) is 30.5 Å². The van der Waals surface area contributed by atoms with Crippen molar-refractivity contribution < 1.29 is 18.0 Å². The number of aromatic nitrogens is 2. The van der Waals surface area contributed by atoms with E-state index in [1.165, 1.54) is 17.4 Å². The third kappa shape index (κ3) is 6.75. The summed E-state index contributed by atoms with van der Waals surface area (Å²) in [6, 6.07) is 10.6. The summed E-state index contributed by atoms with van der Waals surface area (Å²) in [6.07, 6.45) is -1.12. The Labute approximate surface area is 216 Å². The standard InChI is InChI=1S/C26H27F3N6OS/c1-35(2)10-4-3-9-31-21-8-6-19(26(27,28)29)13-22(21)33-24(36)18-12-23(37-15-18)16-5-7-20-17(11-16)14-32-25(30)34-20/h5-8,11-15,31H,3-4,9-10H2,1-2H3,(H,33,36)(H2,30,32,34). The molecule has 2 heterocycles. The van der Waals surface area contributed by atoms with Gasteiger partial charge in [-0.1, -0.05) is 6.07 Å². The van der Waals surface area contributed by atoms with E-state index in [4.69, 9.17) is 5.73 Å². The van der Waals surface area contributed by atoms with Gasteiger partial charge in [0.15, 0.2) is 0 Å². The summed E-state index contributed by atoms with van der Waals surface area (Å²) in [5.41, 5.74) is 7.25. The van der Waals surface area contributed by atoms with Crippen molar-refractivity contribution in [1.29, 1.82) is 0 Å². The molecule has 0 saturated carbocycles. The van der Waals surface area contributed by atoms with Gasteiger partial charge in [-0.3, -0.25) is 4.79 Å². The Morgan fingerprint density at radius 3 is 2.65 bits per heavy atom. The zero-order chi connectivity index (χ0) is 26.6. The van der Waals surface area contributed by atoms with E-state index >= 15 is 0 Å². The van der Waals surface area contributed by atoms with E-state index in [1.807, 2.05) is 32.3 Å². The van der Waals surface area contributed by atoms with Gasteiger partial charge in [0.25, 0.3) is 5.91 Å². The van der Waals surface area contributed by atoms with Crippen LogP contribution in [0.5, 0.6) is 0 Å². The van der Waals surface area contributed by atoms with Gasteiger partial charge in [0, 0.05) is 28.4 Å². The van der Waals surface area contributed by atoms with Gasteiger partial charge in [-0.15, -0.1) is 11.3 Å². The number of unbranched alkanes of at least 4 members (excludes halogenated alkanes) is 1. The van der Waals surface area contributed by atoms with E-state index in [1.54, 1.807) is 17.6 Å². The molecule has 0 radical (unpaired) electrons. The molecule has 0 aliphatic carbocycles. The molecule has 37 heavy (non-hydrogen) atoms. The maximum absolute atomic E-state index is 13.4. The van der Waals surface area contributed by atoms with Crippen molar-refractivity contribution in [2.45, 2.75) is 19.0 Å². The summed E-state index contributed by atoms with van der Waals surface area (Å²) >= 11 is 1.36. The topological polar surface area (TPSA) is 96.2 Å². The number of amides is 1. The van der Waals surface area contributed by atoms with Crippen LogP contribution in [0.1, 0.15) is 28.8 Å². The Balaban J connectivity index is 1.52. The smallest absolute Gasteiger partial charge is 0.383 e. The highest BCUT2D eigenvalue weighted by Gasteiger charge is 2.31. The van der Waals surface area contributed by atoms with Crippen molar-refractivity contribution in [3.05, 3.63) is 65.2 Å². The molecule has 0 fully saturated rings. The molecule has 4 rings (SSSR count). The molecule has 0 saturated heterocycles. The van der Waals surface area contributed by atoms with E-state index in [9.17, 15) is 18.0 Å². The lowest BCUT2D eigenvalue weighted by atomic mass is 10.1. The van der Waals surface area contributed by atoms with E-state index in [2.05, 4.69) is 25.5 Å². The molecule has 0 aliphatic rings. The average molecular weight is 529 g/mol. The fraction of sp³-hybridized carbons (Fsp3) is 0.269. The van der Waals surface area contributed by atoms with Crippen LogP contribution in [0.25, 0.3) is 21.3 Å². The SMILES string of the molecule is CN(C)CCCCNc1ccc(C(F)(F)F)cc1NC(=O)c1csc(-c2ccc3nc(N)ncc3c2)c1. The summed E-state index contributed by atoms with van der Waals surface area (Å²) in [5, 5.41) is 8.30. The third-order valence-electron chi connectivity index (χ3n) is 5.69.